The molecule has 13 heavy (non-hydrogen) atoms. The third-order valence-corrected chi connectivity index (χ3v) is 2.92. The maximum atomic E-state index is 5.61. The Morgan fingerprint density at radius 1 is 1.62 bits per heavy atom. The summed E-state index contributed by atoms with van der Waals surface area (Å²) in [5.41, 5.74) is 7.98. The second kappa shape index (κ2) is 2.58. The van der Waals surface area contributed by atoms with Crippen LogP contribution in [0, 0.1) is 0 Å². The highest BCUT2D eigenvalue weighted by molar-refractivity contribution is 5.38. The first-order valence-corrected chi connectivity index (χ1v) is 4.75. The van der Waals surface area contributed by atoms with Crippen molar-refractivity contribution in [2.45, 2.75) is 45.1 Å². The minimum atomic E-state index is 0.184. The summed E-state index contributed by atoms with van der Waals surface area (Å²) < 4.78 is 5.32. The van der Waals surface area contributed by atoms with E-state index in [9.17, 15) is 0 Å². The molecule has 0 spiro atoms. The molecule has 1 atom stereocenters. The molecule has 2 N–H and O–H groups in total. The van der Waals surface area contributed by atoms with Crippen LogP contribution in [0.25, 0.3) is 0 Å². The highest BCUT2D eigenvalue weighted by atomic mass is 16.5. The number of nitrogens with zero attached hydrogens (tertiary/aromatic N) is 1. The summed E-state index contributed by atoms with van der Waals surface area (Å²) in [5, 5.41) is 4.00. The van der Waals surface area contributed by atoms with Gasteiger partial charge in [0.1, 0.15) is 11.5 Å². The van der Waals surface area contributed by atoms with Crippen LogP contribution in [0.4, 0.5) is 0 Å². The van der Waals surface area contributed by atoms with Crippen molar-refractivity contribution >= 4 is 0 Å². The molecular formula is C10H16N2O. The van der Waals surface area contributed by atoms with Crippen LogP contribution in [0.3, 0.4) is 0 Å². The van der Waals surface area contributed by atoms with E-state index in [1.807, 2.05) is 0 Å². The number of hydrogen-bond donors (Lipinski definition) is 1. The van der Waals surface area contributed by atoms with Crippen molar-refractivity contribution in [2.75, 3.05) is 0 Å². The van der Waals surface area contributed by atoms with Gasteiger partial charge in [-0.1, -0.05) is 25.9 Å². The van der Waals surface area contributed by atoms with E-state index >= 15 is 0 Å². The monoisotopic (exact) mass is 180 g/mol. The molecule has 0 fully saturated rings. The zero-order valence-electron chi connectivity index (χ0n) is 8.42. The lowest BCUT2D eigenvalue weighted by Crippen LogP contribution is -2.15. The summed E-state index contributed by atoms with van der Waals surface area (Å²) in [6.07, 6.45) is 1.14. The third-order valence-electron chi connectivity index (χ3n) is 2.92. The fourth-order valence-corrected chi connectivity index (χ4v) is 2.50. The van der Waals surface area contributed by atoms with Crippen molar-refractivity contribution in [2.24, 2.45) is 5.73 Å². The Balaban J connectivity index is 2.56. The molecule has 0 bridgehead atoms. The lowest BCUT2D eigenvalue weighted by atomic mass is 9.85. The Labute approximate surface area is 78.3 Å². The zero-order valence-corrected chi connectivity index (χ0v) is 8.42. The minimum Gasteiger partial charge on any atom is -0.360 e. The van der Waals surface area contributed by atoms with Gasteiger partial charge < -0.3 is 10.3 Å². The maximum absolute atomic E-state index is 5.61. The van der Waals surface area contributed by atoms with Gasteiger partial charge in [-0.25, -0.2) is 0 Å². The van der Waals surface area contributed by atoms with Crippen LogP contribution in [-0.2, 0) is 12.0 Å². The number of nitrogens with two attached hydrogens (primary N) is 1. The molecule has 0 radical (unpaired) electrons. The van der Waals surface area contributed by atoms with Crippen molar-refractivity contribution < 1.29 is 4.52 Å². The smallest absolute Gasteiger partial charge is 0.143 e. The van der Waals surface area contributed by atoms with Gasteiger partial charge in [0.15, 0.2) is 0 Å². The zero-order chi connectivity index (χ0) is 9.64. The number of hydrogen-bond acceptors (Lipinski definition) is 3. The van der Waals surface area contributed by atoms with E-state index in [2.05, 4.69) is 25.9 Å². The standard InChI is InChI=1S/C10H16N2O/c1-6-4-10(2,3)8-7(5-11)12-13-9(6)8/h6H,4-5,11H2,1-3H3. The summed E-state index contributed by atoms with van der Waals surface area (Å²) in [7, 11) is 0. The molecule has 1 unspecified atom stereocenters. The fraction of sp³-hybridized carbons (Fsp3) is 0.700. The van der Waals surface area contributed by atoms with Gasteiger partial charge in [-0.05, 0) is 11.8 Å². The second-order valence-corrected chi connectivity index (χ2v) is 4.56. The van der Waals surface area contributed by atoms with Gasteiger partial charge in [0.05, 0.1) is 0 Å². The van der Waals surface area contributed by atoms with Crippen LogP contribution >= 0.6 is 0 Å². The van der Waals surface area contributed by atoms with Crippen molar-refractivity contribution in [1.29, 1.82) is 0 Å². The number of rotatable bonds is 1. The van der Waals surface area contributed by atoms with Crippen molar-refractivity contribution in [3.8, 4) is 0 Å². The largest absolute Gasteiger partial charge is 0.360 e. The number of aromatic nitrogens is 1. The molecule has 0 amide bonds. The molecule has 0 saturated heterocycles. The maximum Gasteiger partial charge on any atom is 0.143 e. The molecule has 3 heteroatoms. The van der Waals surface area contributed by atoms with Gasteiger partial charge in [-0.15, -0.1) is 0 Å². The SMILES string of the molecule is CC1CC(C)(C)c2c(CN)noc21. The first-order valence-electron chi connectivity index (χ1n) is 4.75. The van der Waals surface area contributed by atoms with E-state index in [0.29, 0.717) is 12.5 Å². The first kappa shape index (κ1) is 8.75. The van der Waals surface area contributed by atoms with E-state index in [1.165, 1.54) is 5.56 Å². The Hall–Kier alpha value is -0.830. The van der Waals surface area contributed by atoms with Crippen LogP contribution in [0.15, 0.2) is 4.52 Å². The van der Waals surface area contributed by atoms with E-state index in [0.717, 1.165) is 17.9 Å². The van der Waals surface area contributed by atoms with Gasteiger partial charge in [0, 0.05) is 18.0 Å². The van der Waals surface area contributed by atoms with Crippen molar-refractivity contribution in [3.63, 3.8) is 0 Å². The lowest BCUT2D eigenvalue weighted by Gasteiger charge is -2.18. The van der Waals surface area contributed by atoms with Crippen LogP contribution in [0.5, 0.6) is 0 Å². The van der Waals surface area contributed by atoms with E-state index < -0.39 is 0 Å². The third kappa shape index (κ3) is 1.10. The van der Waals surface area contributed by atoms with Crippen LogP contribution in [-0.4, -0.2) is 5.16 Å². The summed E-state index contributed by atoms with van der Waals surface area (Å²) >= 11 is 0. The fourth-order valence-electron chi connectivity index (χ4n) is 2.50. The molecule has 72 valence electrons. The average Bonchev–Trinajstić information content (AvgIpc) is 2.53. The topological polar surface area (TPSA) is 52.0 Å². The first-order chi connectivity index (χ1) is 6.06. The molecule has 1 aromatic rings. The van der Waals surface area contributed by atoms with Gasteiger partial charge in [-0.3, -0.25) is 0 Å². The highest BCUT2D eigenvalue weighted by Crippen LogP contribution is 2.46. The summed E-state index contributed by atoms with van der Waals surface area (Å²) in [4.78, 5) is 0. The molecule has 1 aromatic heterocycles. The molecule has 2 rings (SSSR count). The van der Waals surface area contributed by atoms with Crippen molar-refractivity contribution in [3.05, 3.63) is 17.0 Å². The van der Waals surface area contributed by atoms with Crippen LogP contribution < -0.4 is 5.73 Å². The Morgan fingerprint density at radius 3 is 2.92 bits per heavy atom. The lowest BCUT2D eigenvalue weighted by molar-refractivity contribution is 0.355. The van der Waals surface area contributed by atoms with E-state index in [-0.39, 0.29) is 5.41 Å². The normalized spacial score (nSPS) is 24.8. The second-order valence-electron chi connectivity index (χ2n) is 4.56. The summed E-state index contributed by atoms with van der Waals surface area (Å²) in [5.74, 6) is 1.53. The molecule has 0 saturated carbocycles. The average molecular weight is 180 g/mol. The number of fused-ring (bicyclic) bond motifs is 1. The van der Waals surface area contributed by atoms with Gasteiger partial charge >= 0.3 is 0 Å². The predicted molar refractivity (Wildman–Crippen MR) is 50.5 cm³/mol. The van der Waals surface area contributed by atoms with Crippen LogP contribution in [0.1, 0.15) is 50.1 Å². The summed E-state index contributed by atoms with van der Waals surface area (Å²) in [6.45, 7) is 7.12. The summed E-state index contributed by atoms with van der Waals surface area (Å²) in [6, 6.07) is 0. The van der Waals surface area contributed by atoms with Crippen molar-refractivity contribution in [1.82, 2.24) is 5.16 Å². The molecule has 1 heterocycles. The predicted octanol–water partition coefficient (Wildman–Crippen LogP) is 1.92. The molecule has 1 aliphatic carbocycles. The van der Waals surface area contributed by atoms with Gasteiger partial charge in [0.2, 0.25) is 0 Å². The Bertz CT molecular complexity index is 328. The molecular weight excluding hydrogens is 164 g/mol. The van der Waals surface area contributed by atoms with Crippen LogP contribution in [0.2, 0.25) is 0 Å². The van der Waals surface area contributed by atoms with Gasteiger partial charge in [0.25, 0.3) is 0 Å². The van der Waals surface area contributed by atoms with E-state index in [1.54, 1.807) is 0 Å². The molecule has 0 aromatic carbocycles. The Morgan fingerprint density at radius 2 is 2.31 bits per heavy atom. The van der Waals surface area contributed by atoms with E-state index in [4.69, 9.17) is 10.3 Å². The highest BCUT2D eigenvalue weighted by Gasteiger charge is 2.40. The molecule has 0 aliphatic heterocycles. The molecule has 1 aliphatic rings. The molecule has 3 nitrogen and oxygen atoms in total. The Kier molecular flexibility index (Phi) is 1.74. The minimum absolute atomic E-state index is 0.184. The quantitative estimate of drug-likeness (QED) is 0.718. The van der Waals surface area contributed by atoms with Gasteiger partial charge in [-0.2, -0.15) is 0 Å².